The summed E-state index contributed by atoms with van der Waals surface area (Å²) in [5, 5.41) is 83.4. The highest BCUT2D eigenvalue weighted by atomic mass is 32.2. The molecule has 0 aliphatic carbocycles. The predicted octanol–water partition coefficient (Wildman–Crippen LogP) is 13.5. The number of aromatic hydroxyl groups is 1. The molecule has 0 atom stereocenters. The second-order valence-corrected chi connectivity index (χ2v) is 14.1. The van der Waals surface area contributed by atoms with Crippen LogP contribution in [0.15, 0.2) is 160 Å². The SMILES string of the molecule is Cc1cc(N=Nc2c(SOOO)cc3cc(N=Nc4ccc(NCOCCC(=O)O)cc4)ccc3c2O)c(C)cc1N=Nc1ccc(N=Nc2ccc(SOOO)cc2)cc1. The molecule has 61 heavy (non-hydrogen) atoms. The summed E-state index contributed by atoms with van der Waals surface area (Å²) in [7, 11) is 0. The summed E-state index contributed by atoms with van der Waals surface area (Å²) >= 11 is 1.47. The molecule has 0 bridgehead atoms. The van der Waals surface area contributed by atoms with E-state index in [1.165, 1.54) is 0 Å². The molecule has 6 aromatic carbocycles. The van der Waals surface area contributed by atoms with E-state index in [1.807, 2.05) is 19.9 Å². The van der Waals surface area contributed by atoms with Crippen LogP contribution in [0.25, 0.3) is 10.8 Å². The van der Waals surface area contributed by atoms with Crippen molar-refractivity contribution in [1.82, 2.24) is 0 Å². The Balaban J connectivity index is 1.12. The number of ether oxygens (including phenoxy) is 1. The zero-order valence-electron chi connectivity index (χ0n) is 32.1. The third kappa shape index (κ3) is 13.0. The summed E-state index contributed by atoms with van der Waals surface area (Å²) in [5.41, 5.74) is 6.41. The van der Waals surface area contributed by atoms with Crippen molar-refractivity contribution in [2.45, 2.75) is 30.1 Å². The summed E-state index contributed by atoms with van der Waals surface area (Å²) in [6.45, 7) is 3.97. The van der Waals surface area contributed by atoms with Crippen LogP contribution in [0.4, 0.5) is 51.2 Å². The second kappa shape index (κ2) is 22.2. The van der Waals surface area contributed by atoms with Crippen molar-refractivity contribution in [3.8, 4) is 5.75 Å². The number of anilines is 1. The number of carbonyl (C=O) groups is 1. The average molecular weight is 866 g/mol. The molecule has 0 spiro atoms. The molecule has 0 fully saturated rings. The van der Waals surface area contributed by atoms with Crippen LogP contribution in [0.3, 0.4) is 0 Å². The van der Waals surface area contributed by atoms with Crippen molar-refractivity contribution in [2.24, 2.45) is 40.9 Å². The summed E-state index contributed by atoms with van der Waals surface area (Å²) in [5.74, 6) is -1.11. The van der Waals surface area contributed by atoms with Crippen LogP contribution in [-0.4, -0.2) is 40.0 Å². The molecule has 19 nitrogen and oxygen atoms in total. The maximum atomic E-state index is 11.4. The summed E-state index contributed by atoms with van der Waals surface area (Å²) in [4.78, 5) is 11.6. The first-order chi connectivity index (χ1) is 29.7. The zero-order chi connectivity index (χ0) is 43.0. The molecular weight excluding hydrogens is 831 g/mol. The summed E-state index contributed by atoms with van der Waals surface area (Å²) in [6, 6.07) is 31.5. The second-order valence-electron chi connectivity index (χ2n) is 12.6. The van der Waals surface area contributed by atoms with Gasteiger partial charge in [0.2, 0.25) is 0 Å². The number of phenolic OH excluding ortho intramolecular Hbond substituents is 1. The lowest BCUT2D eigenvalue weighted by Crippen LogP contribution is -2.09. The first-order valence-electron chi connectivity index (χ1n) is 17.9. The van der Waals surface area contributed by atoms with Crippen LogP contribution in [0, 0.1) is 13.8 Å². The fourth-order valence-electron chi connectivity index (χ4n) is 5.28. The average Bonchev–Trinajstić information content (AvgIpc) is 3.27. The highest BCUT2D eigenvalue weighted by Gasteiger charge is 2.16. The maximum absolute atomic E-state index is 11.4. The number of carboxylic acid groups (broad SMARTS) is 1. The number of nitrogens with one attached hydrogen (secondary N) is 1. The van der Waals surface area contributed by atoms with Crippen LogP contribution in [0.5, 0.6) is 5.75 Å². The van der Waals surface area contributed by atoms with E-state index in [-0.39, 0.29) is 36.1 Å². The van der Waals surface area contributed by atoms with E-state index in [0.717, 1.165) is 28.9 Å². The van der Waals surface area contributed by atoms with Crippen molar-refractivity contribution < 1.29 is 49.0 Å². The third-order valence-corrected chi connectivity index (χ3v) is 9.56. The number of rotatable bonds is 20. The molecule has 21 heteroatoms. The summed E-state index contributed by atoms with van der Waals surface area (Å²) < 4.78 is 14.4. The lowest BCUT2D eigenvalue weighted by atomic mass is 10.1. The first-order valence-corrected chi connectivity index (χ1v) is 19.4. The van der Waals surface area contributed by atoms with Gasteiger partial charge < -0.3 is 20.3 Å². The van der Waals surface area contributed by atoms with E-state index >= 15 is 0 Å². The molecule has 312 valence electrons. The molecule has 0 amide bonds. The van der Waals surface area contributed by atoms with E-state index in [1.54, 1.807) is 103 Å². The van der Waals surface area contributed by atoms with Gasteiger partial charge >= 0.3 is 5.97 Å². The van der Waals surface area contributed by atoms with Crippen molar-refractivity contribution in [3.63, 3.8) is 0 Å². The van der Waals surface area contributed by atoms with Crippen LogP contribution >= 0.6 is 24.1 Å². The number of aliphatic carboxylic acids is 1. The van der Waals surface area contributed by atoms with Crippen molar-refractivity contribution in [2.75, 3.05) is 18.7 Å². The fraction of sp³-hybridized carbons (Fsp3) is 0.125. The molecule has 0 radical (unpaired) electrons. The molecular formula is C40H35N9O10S2. The van der Waals surface area contributed by atoms with Crippen LogP contribution < -0.4 is 5.32 Å². The fourth-order valence-corrected chi connectivity index (χ4v) is 6.13. The number of carboxylic acids is 1. The Kier molecular flexibility index (Phi) is 16.0. The molecule has 6 rings (SSSR count). The van der Waals surface area contributed by atoms with E-state index in [9.17, 15) is 9.90 Å². The maximum Gasteiger partial charge on any atom is 0.305 e. The number of benzene rings is 6. The Morgan fingerprint density at radius 2 is 1.13 bits per heavy atom. The third-order valence-electron chi connectivity index (χ3n) is 8.35. The molecule has 0 aliphatic heterocycles. The molecule has 6 aromatic rings. The van der Waals surface area contributed by atoms with Crippen molar-refractivity contribution >= 4 is 92.0 Å². The first kappa shape index (κ1) is 44.0. The minimum atomic E-state index is -0.924. The number of phenols is 1. The summed E-state index contributed by atoms with van der Waals surface area (Å²) in [6.07, 6.45) is -0.0740. The van der Waals surface area contributed by atoms with Crippen LogP contribution in [0.2, 0.25) is 0 Å². The van der Waals surface area contributed by atoms with Gasteiger partial charge in [-0.2, -0.15) is 35.8 Å². The van der Waals surface area contributed by atoms with E-state index in [0.29, 0.717) is 67.5 Å². The van der Waals surface area contributed by atoms with Crippen LogP contribution in [0.1, 0.15) is 17.5 Å². The largest absolute Gasteiger partial charge is 0.505 e. The van der Waals surface area contributed by atoms with E-state index in [2.05, 4.69) is 60.6 Å². The normalized spacial score (nSPS) is 11.9. The van der Waals surface area contributed by atoms with Gasteiger partial charge in [0.15, 0.2) is 5.75 Å². The number of azo groups is 4. The van der Waals surface area contributed by atoms with Gasteiger partial charge in [-0.3, -0.25) is 4.79 Å². The quantitative estimate of drug-likeness (QED) is 0.0120. The van der Waals surface area contributed by atoms with Crippen LogP contribution in [-0.2, 0) is 28.3 Å². The highest BCUT2D eigenvalue weighted by Crippen LogP contribution is 2.45. The number of hydrogen-bond donors (Lipinski definition) is 5. The number of hydrogen-bond acceptors (Lipinski definition) is 20. The molecule has 0 aliphatic rings. The molecule has 0 aromatic heterocycles. The Morgan fingerprint density at radius 1 is 0.623 bits per heavy atom. The van der Waals surface area contributed by atoms with Gasteiger partial charge in [0.05, 0.1) is 81.8 Å². The van der Waals surface area contributed by atoms with Gasteiger partial charge in [0.25, 0.3) is 0 Å². The van der Waals surface area contributed by atoms with Gasteiger partial charge in [-0.25, -0.2) is 10.5 Å². The standard InChI is InChI=1S/C40H35N9O10S2/c1-24-20-36(25(2)19-35(24)47-45-30-9-7-29(8-10-30)42-43-31-11-14-33(15-12-31)60-58-56-53)48-49-39-37(61-59-57-54)22-26-21-32(13-16-34(26)40(39)52)46-44-28-5-3-27(4-6-28)41-23-55-18-17-38(50)51/h3-16,19-22,41,52-54H,17-18,23H2,1-2H3,(H,50,51). The van der Waals surface area contributed by atoms with E-state index in [4.69, 9.17) is 24.7 Å². The Hall–Kier alpha value is -6.53. The number of fused-ring (bicyclic) bond motifs is 1. The lowest BCUT2D eigenvalue weighted by Gasteiger charge is -2.10. The molecule has 0 saturated heterocycles. The Labute approximate surface area is 355 Å². The minimum Gasteiger partial charge on any atom is -0.505 e. The number of aryl methyl sites for hydroxylation is 2. The topological polar surface area (TPSA) is 255 Å². The van der Waals surface area contributed by atoms with Gasteiger partial charge in [-0.05, 0) is 140 Å². The zero-order valence-corrected chi connectivity index (χ0v) is 33.8. The smallest absolute Gasteiger partial charge is 0.305 e. The van der Waals surface area contributed by atoms with E-state index < -0.39 is 5.97 Å². The van der Waals surface area contributed by atoms with Crippen molar-refractivity contribution in [1.29, 1.82) is 0 Å². The van der Waals surface area contributed by atoms with Gasteiger partial charge in [-0.15, -0.1) is 13.8 Å². The minimum absolute atomic E-state index is 0.0740. The Morgan fingerprint density at radius 3 is 1.72 bits per heavy atom. The highest BCUT2D eigenvalue weighted by molar-refractivity contribution is 7.94. The van der Waals surface area contributed by atoms with Gasteiger partial charge in [-0.1, -0.05) is 10.1 Å². The van der Waals surface area contributed by atoms with Gasteiger partial charge in [0.1, 0.15) is 12.4 Å². The predicted molar refractivity (Wildman–Crippen MR) is 226 cm³/mol. The molecule has 5 N–H and O–H groups in total. The Bertz CT molecular complexity index is 2560. The molecule has 0 heterocycles. The lowest BCUT2D eigenvalue weighted by molar-refractivity contribution is -0.432. The molecule has 0 saturated carbocycles. The van der Waals surface area contributed by atoms with Crippen molar-refractivity contribution in [3.05, 3.63) is 120 Å². The van der Waals surface area contributed by atoms with Gasteiger partial charge in [0, 0.05) is 16.0 Å². The number of nitrogens with zero attached hydrogens (tertiary/aromatic N) is 8. The monoisotopic (exact) mass is 865 g/mol. The molecule has 0 unspecified atom stereocenters.